The standard InChI is InChI=1S/C20H27N3O5/c1-5-26-18(24)16-13-17(27-14-15-9-7-6-8-10-15)22-23(16)12-11-21-19(25)28-20(2,3)4/h6-10,13H,5,11-12,14H2,1-4H3,(H,21,25). The number of alkyl carbamates (subject to hydrolysis) is 1. The van der Waals surface area contributed by atoms with Crippen molar-refractivity contribution in [2.75, 3.05) is 13.2 Å². The maximum atomic E-state index is 12.2. The Balaban J connectivity index is 2.01. The Bertz CT molecular complexity index is 781. The molecular formula is C20H27N3O5. The molecule has 0 saturated heterocycles. The number of ether oxygens (including phenoxy) is 3. The second-order valence-electron chi connectivity index (χ2n) is 7.01. The van der Waals surface area contributed by atoms with Crippen LogP contribution < -0.4 is 10.1 Å². The monoisotopic (exact) mass is 389 g/mol. The van der Waals surface area contributed by atoms with Crippen LogP contribution in [0.25, 0.3) is 0 Å². The van der Waals surface area contributed by atoms with Gasteiger partial charge in [-0.05, 0) is 33.3 Å². The molecule has 8 heteroatoms. The van der Waals surface area contributed by atoms with Crippen molar-refractivity contribution in [1.82, 2.24) is 15.1 Å². The average molecular weight is 389 g/mol. The van der Waals surface area contributed by atoms with Crippen LogP contribution in [0, 0.1) is 0 Å². The second-order valence-corrected chi connectivity index (χ2v) is 7.01. The molecule has 152 valence electrons. The Labute approximate surface area is 164 Å². The van der Waals surface area contributed by atoms with Crippen LogP contribution >= 0.6 is 0 Å². The fourth-order valence-electron chi connectivity index (χ4n) is 2.31. The van der Waals surface area contributed by atoms with Gasteiger partial charge in [-0.15, -0.1) is 5.10 Å². The molecule has 0 fully saturated rings. The predicted octanol–water partition coefficient (Wildman–Crippen LogP) is 3.16. The Kier molecular flexibility index (Phi) is 7.43. The molecule has 0 aliphatic carbocycles. The van der Waals surface area contributed by atoms with Crippen molar-refractivity contribution in [2.24, 2.45) is 0 Å². The molecule has 28 heavy (non-hydrogen) atoms. The first-order valence-electron chi connectivity index (χ1n) is 9.17. The minimum atomic E-state index is -0.579. The lowest BCUT2D eigenvalue weighted by Gasteiger charge is -2.19. The summed E-state index contributed by atoms with van der Waals surface area (Å²) in [5.74, 6) is -0.189. The van der Waals surface area contributed by atoms with Crippen LogP contribution in [0.1, 0.15) is 43.7 Å². The number of carbonyl (C=O) groups is 2. The Hall–Kier alpha value is -3.03. The van der Waals surface area contributed by atoms with Gasteiger partial charge in [0.1, 0.15) is 17.9 Å². The van der Waals surface area contributed by atoms with Gasteiger partial charge in [-0.25, -0.2) is 9.59 Å². The first-order chi connectivity index (χ1) is 13.3. The number of benzene rings is 1. The highest BCUT2D eigenvalue weighted by atomic mass is 16.6. The van der Waals surface area contributed by atoms with Crippen molar-refractivity contribution < 1.29 is 23.8 Å². The molecule has 1 N–H and O–H groups in total. The van der Waals surface area contributed by atoms with Crippen LogP contribution in [-0.2, 0) is 22.6 Å². The molecule has 0 radical (unpaired) electrons. The van der Waals surface area contributed by atoms with Gasteiger partial charge in [-0.3, -0.25) is 4.68 Å². The topological polar surface area (TPSA) is 91.7 Å². The summed E-state index contributed by atoms with van der Waals surface area (Å²) in [5, 5.41) is 6.94. The fourth-order valence-corrected chi connectivity index (χ4v) is 2.31. The number of nitrogens with one attached hydrogen (secondary N) is 1. The molecule has 0 aliphatic heterocycles. The summed E-state index contributed by atoms with van der Waals surface area (Å²) >= 11 is 0. The Morgan fingerprint density at radius 2 is 1.89 bits per heavy atom. The highest BCUT2D eigenvalue weighted by Crippen LogP contribution is 2.15. The average Bonchev–Trinajstić information content (AvgIpc) is 3.03. The predicted molar refractivity (Wildman–Crippen MR) is 103 cm³/mol. The smallest absolute Gasteiger partial charge is 0.407 e. The Morgan fingerprint density at radius 1 is 1.18 bits per heavy atom. The van der Waals surface area contributed by atoms with Crippen molar-refractivity contribution in [3.8, 4) is 5.88 Å². The van der Waals surface area contributed by atoms with Crippen LogP contribution in [0.4, 0.5) is 4.79 Å². The molecule has 8 nitrogen and oxygen atoms in total. The van der Waals surface area contributed by atoms with E-state index in [0.29, 0.717) is 12.5 Å². The van der Waals surface area contributed by atoms with E-state index >= 15 is 0 Å². The summed E-state index contributed by atoms with van der Waals surface area (Å²) in [5.41, 5.74) is 0.668. The molecule has 1 aromatic heterocycles. The minimum Gasteiger partial charge on any atom is -0.472 e. The van der Waals surface area contributed by atoms with E-state index in [0.717, 1.165) is 5.56 Å². The van der Waals surface area contributed by atoms with Crippen molar-refractivity contribution in [3.63, 3.8) is 0 Å². The number of rotatable bonds is 8. The summed E-state index contributed by atoms with van der Waals surface area (Å²) in [7, 11) is 0. The number of amides is 1. The molecule has 0 bridgehead atoms. The third-order valence-corrected chi connectivity index (χ3v) is 3.46. The van der Waals surface area contributed by atoms with Crippen molar-refractivity contribution in [1.29, 1.82) is 0 Å². The van der Waals surface area contributed by atoms with E-state index in [1.165, 1.54) is 10.7 Å². The van der Waals surface area contributed by atoms with Gasteiger partial charge in [0, 0.05) is 12.6 Å². The molecule has 2 rings (SSSR count). The minimum absolute atomic E-state index is 0.237. The lowest BCUT2D eigenvalue weighted by Crippen LogP contribution is -2.34. The SMILES string of the molecule is CCOC(=O)c1cc(OCc2ccccc2)nn1CCNC(=O)OC(C)(C)C. The van der Waals surface area contributed by atoms with Gasteiger partial charge in [0.2, 0.25) is 5.88 Å². The largest absolute Gasteiger partial charge is 0.472 e. The third kappa shape index (κ3) is 6.94. The number of hydrogen-bond acceptors (Lipinski definition) is 6. The first kappa shape index (κ1) is 21.3. The fraction of sp³-hybridized carbons (Fsp3) is 0.450. The van der Waals surface area contributed by atoms with Gasteiger partial charge in [-0.1, -0.05) is 30.3 Å². The van der Waals surface area contributed by atoms with E-state index in [2.05, 4.69) is 10.4 Å². The molecule has 0 unspecified atom stereocenters. The van der Waals surface area contributed by atoms with E-state index < -0.39 is 17.7 Å². The molecule has 0 saturated carbocycles. The number of carbonyl (C=O) groups excluding carboxylic acids is 2. The summed E-state index contributed by atoms with van der Waals surface area (Å²) in [6.07, 6.45) is -0.530. The normalized spacial score (nSPS) is 11.0. The van der Waals surface area contributed by atoms with Gasteiger partial charge < -0.3 is 19.5 Å². The second kappa shape index (κ2) is 9.77. The van der Waals surface area contributed by atoms with Crippen LogP contribution in [0.5, 0.6) is 5.88 Å². The van der Waals surface area contributed by atoms with Crippen LogP contribution in [-0.4, -0.2) is 40.6 Å². The number of esters is 1. The Morgan fingerprint density at radius 3 is 2.54 bits per heavy atom. The van der Waals surface area contributed by atoms with E-state index in [4.69, 9.17) is 14.2 Å². The van der Waals surface area contributed by atoms with E-state index in [1.54, 1.807) is 27.7 Å². The zero-order chi connectivity index (χ0) is 20.6. The summed E-state index contributed by atoms with van der Waals surface area (Å²) in [4.78, 5) is 23.9. The van der Waals surface area contributed by atoms with Crippen molar-refractivity contribution in [3.05, 3.63) is 47.7 Å². The molecule has 1 aromatic carbocycles. The van der Waals surface area contributed by atoms with Crippen molar-refractivity contribution in [2.45, 2.75) is 46.4 Å². The van der Waals surface area contributed by atoms with Gasteiger partial charge >= 0.3 is 12.1 Å². The van der Waals surface area contributed by atoms with E-state index in [1.807, 2.05) is 30.3 Å². The molecule has 0 atom stereocenters. The van der Waals surface area contributed by atoms with Gasteiger partial charge in [0.25, 0.3) is 0 Å². The summed E-state index contributed by atoms with van der Waals surface area (Å²) in [6, 6.07) is 11.2. The molecule has 1 heterocycles. The highest BCUT2D eigenvalue weighted by molar-refractivity contribution is 5.87. The summed E-state index contributed by atoms with van der Waals surface area (Å²) in [6.45, 7) is 8.18. The molecule has 0 spiro atoms. The third-order valence-electron chi connectivity index (χ3n) is 3.46. The zero-order valence-corrected chi connectivity index (χ0v) is 16.7. The summed E-state index contributed by atoms with van der Waals surface area (Å²) < 4.78 is 17.4. The lowest BCUT2D eigenvalue weighted by atomic mass is 10.2. The van der Waals surface area contributed by atoms with Crippen LogP contribution in [0.3, 0.4) is 0 Å². The van der Waals surface area contributed by atoms with Crippen LogP contribution in [0.15, 0.2) is 36.4 Å². The highest BCUT2D eigenvalue weighted by Gasteiger charge is 2.19. The maximum absolute atomic E-state index is 12.2. The van der Waals surface area contributed by atoms with Crippen molar-refractivity contribution >= 4 is 12.1 Å². The molecule has 1 amide bonds. The van der Waals surface area contributed by atoms with Crippen LogP contribution in [0.2, 0.25) is 0 Å². The lowest BCUT2D eigenvalue weighted by molar-refractivity contribution is 0.0512. The zero-order valence-electron chi connectivity index (χ0n) is 16.7. The van der Waals surface area contributed by atoms with Gasteiger partial charge in [0.15, 0.2) is 0 Å². The molecule has 2 aromatic rings. The quantitative estimate of drug-likeness (QED) is 0.697. The number of aromatic nitrogens is 2. The van der Waals surface area contributed by atoms with E-state index in [-0.39, 0.29) is 25.4 Å². The van der Waals surface area contributed by atoms with E-state index in [9.17, 15) is 9.59 Å². The number of nitrogens with zero attached hydrogens (tertiary/aromatic N) is 2. The molecular weight excluding hydrogens is 362 g/mol. The molecule has 0 aliphatic rings. The van der Waals surface area contributed by atoms with Gasteiger partial charge in [0.05, 0.1) is 13.2 Å². The first-order valence-corrected chi connectivity index (χ1v) is 9.17. The van der Waals surface area contributed by atoms with Gasteiger partial charge in [-0.2, -0.15) is 0 Å². The maximum Gasteiger partial charge on any atom is 0.407 e. The number of hydrogen-bond donors (Lipinski definition) is 1.